The van der Waals surface area contributed by atoms with Crippen molar-refractivity contribution in [2.45, 2.75) is 25.5 Å². The standard InChI is InChI=1S/C22H21N3O6S/c1-29-19-8-4-13(10-20(19)30-2)21-24-16(12-32-21)11-31-22(26)14-3-7-17(23-15-5-6-15)18(9-14)25(27)28/h3-4,7-10,12,15,23H,5-6,11H2,1-2H3. The van der Waals surface area contributed by atoms with Crippen molar-refractivity contribution >= 4 is 28.7 Å². The van der Waals surface area contributed by atoms with Gasteiger partial charge >= 0.3 is 5.97 Å². The SMILES string of the molecule is COc1ccc(-c2nc(COC(=O)c3ccc(NC4CC4)c([N+](=O)[O-])c3)cs2)cc1OC. The van der Waals surface area contributed by atoms with Crippen LogP contribution in [0.3, 0.4) is 0 Å². The van der Waals surface area contributed by atoms with Crippen LogP contribution in [0.15, 0.2) is 41.8 Å². The molecule has 1 aromatic heterocycles. The van der Waals surface area contributed by atoms with E-state index in [0.29, 0.717) is 22.9 Å². The van der Waals surface area contributed by atoms with E-state index in [1.165, 1.54) is 23.5 Å². The molecule has 2 aromatic carbocycles. The molecule has 3 aromatic rings. The summed E-state index contributed by atoms with van der Waals surface area (Å²) in [6.07, 6.45) is 1.97. The number of nitro benzene ring substituents is 1. The van der Waals surface area contributed by atoms with E-state index in [2.05, 4.69) is 10.3 Å². The molecule has 0 radical (unpaired) electrons. The zero-order valence-corrected chi connectivity index (χ0v) is 18.3. The van der Waals surface area contributed by atoms with Gasteiger partial charge in [0.1, 0.15) is 17.3 Å². The molecular formula is C22H21N3O6S. The molecule has 0 unspecified atom stereocenters. The number of hydrogen-bond donors (Lipinski definition) is 1. The van der Waals surface area contributed by atoms with Gasteiger partial charge in [0.15, 0.2) is 11.5 Å². The number of rotatable bonds is 9. The summed E-state index contributed by atoms with van der Waals surface area (Å²) in [5, 5.41) is 17.0. The fourth-order valence-corrected chi connectivity index (χ4v) is 3.88. The molecule has 10 heteroatoms. The Bertz CT molecular complexity index is 1160. The van der Waals surface area contributed by atoms with Crippen LogP contribution in [0.4, 0.5) is 11.4 Å². The van der Waals surface area contributed by atoms with Gasteiger partial charge in [-0.3, -0.25) is 10.1 Å². The molecule has 0 saturated heterocycles. The molecule has 1 aliphatic rings. The molecule has 1 saturated carbocycles. The number of thiazole rings is 1. The van der Waals surface area contributed by atoms with Crippen LogP contribution in [0.5, 0.6) is 11.5 Å². The van der Waals surface area contributed by atoms with Gasteiger partial charge in [0, 0.05) is 23.1 Å². The minimum atomic E-state index is -0.647. The second kappa shape index (κ2) is 9.23. The zero-order chi connectivity index (χ0) is 22.7. The van der Waals surface area contributed by atoms with Gasteiger partial charge in [0.2, 0.25) is 0 Å². The monoisotopic (exact) mass is 455 g/mol. The first-order valence-corrected chi connectivity index (χ1v) is 10.8. The maximum Gasteiger partial charge on any atom is 0.338 e. The summed E-state index contributed by atoms with van der Waals surface area (Å²) >= 11 is 1.41. The Morgan fingerprint density at radius 1 is 1.19 bits per heavy atom. The molecule has 9 nitrogen and oxygen atoms in total. The number of nitrogens with one attached hydrogen (secondary N) is 1. The number of nitrogens with zero attached hydrogens (tertiary/aromatic N) is 2. The van der Waals surface area contributed by atoms with Crippen molar-refractivity contribution in [1.29, 1.82) is 0 Å². The Labute approximate surface area is 188 Å². The van der Waals surface area contributed by atoms with Gasteiger partial charge in [-0.25, -0.2) is 9.78 Å². The Morgan fingerprint density at radius 2 is 1.97 bits per heavy atom. The number of aromatic nitrogens is 1. The van der Waals surface area contributed by atoms with Gasteiger partial charge in [0.05, 0.1) is 30.4 Å². The van der Waals surface area contributed by atoms with Crippen LogP contribution in [0, 0.1) is 10.1 Å². The lowest BCUT2D eigenvalue weighted by Crippen LogP contribution is -2.08. The third-order valence-corrected chi connectivity index (χ3v) is 5.84. The molecule has 166 valence electrons. The fourth-order valence-electron chi connectivity index (χ4n) is 3.08. The highest BCUT2D eigenvalue weighted by molar-refractivity contribution is 7.13. The van der Waals surface area contributed by atoms with Crippen LogP contribution in [0.1, 0.15) is 28.9 Å². The first-order valence-electron chi connectivity index (χ1n) is 9.87. The molecule has 0 amide bonds. The molecular weight excluding hydrogens is 434 g/mol. The summed E-state index contributed by atoms with van der Waals surface area (Å²) in [6, 6.07) is 10.1. The lowest BCUT2D eigenvalue weighted by Gasteiger charge is -2.08. The number of esters is 1. The average molecular weight is 455 g/mol. The minimum absolute atomic E-state index is 0.0432. The molecule has 1 aliphatic carbocycles. The van der Waals surface area contributed by atoms with Crippen molar-refractivity contribution in [2.75, 3.05) is 19.5 Å². The number of methoxy groups -OCH3 is 2. The Hall–Kier alpha value is -3.66. The topological polar surface area (TPSA) is 113 Å². The zero-order valence-electron chi connectivity index (χ0n) is 17.5. The van der Waals surface area contributed by atoms with Gasteiger partial charge in [-0.05, 0) is 43.2 Å². The summed E-state index contributed by atoms with van der Waals surface area (Å²) in [5.41, 5.74) is 1.81. The molecule has 1 N–H and O–H groups in total. The highest BCUT2D eigenvalue weighted by atomic mass is 32.1. The van der Waals surface area contributed by atoms with Crippen molar-refractivity contribution < 1.29 is 23.9 Å². The van der Waals surface area contributed by atoms with Crippen molar-refractivity contribution in [3.8, 4) is 22.1 Å². The number of ether oxygens (including phenoxy) is 3. The second-order valence-electron chi connectivity index (χ2n) is 7.20. The van der Waals surface area contributed by atoms with Gasteiger partial charge in [-0.2, -0.15) is 0 Å². The van der Waals surface area contributed by atoms with Gasteiger partial charge in [-0.1, -0.05) is 0 Å². The van der Waals surface area contributed by atoms with E-state index in [-0.39, 0.29) is 23.9 Å². The summed E-state index contributed by atoms with van der Waals surface area (Å²) in [7, 11) is 3.13. The molecule has 32 heavy (non-hydrogen) atoms. The van der Waals surface area contributed by atoms with Gasteiger partial charge in [-0.15, -0.1) is 11.3 Å². The maximum atomic E-state index is 12.4. The smallest absolute Gasteiger partial charge is 0.338 e. The summed E-state index contributed by atoms with van der Waals surface area (Å²) in [4.78, 5) is 27.8. The first-order chi connectivity index (χ1) is 15.5. The van der Waals surface area contributed by atoms with Crippen molar-refractivity contribution in [3.05, 3.63) is 63.1 Å². The molecule has 4 rings (SSSR count). The van der Waals surface area contributed by atoms with E-state index in [1.807, 2.05) is 12.1 Å². The van der Waals surface area contributed by atoms with E-state index in [9.17, 15) is 14.9 Å². The number of benzene rings is 2. The fraction of sp³-hybridized carbons (Fsp3) is 0.273. The predicted molar refractivity (Wildman–Crippen MR) is 120 cm³/mol. The van der Waals surface area contributed by atoms with Crippen LogP contribution in [0.2, 0.25) is 0 Å². The van der Waals surface area contributed by atoms with Crippen molar-refractivity contribution in [3.63, 3.8) is 0 Å². The predicted octanol–water partition coefficient (Wildman–Crippen LogP) is 4.67. The number of carbonyl (C=O) groups is 1. The quantitative estimate of drug-likeness (QED) is 0.281. The van der Waals surface area contributed by atoms with Gasteiger partial charge < -0.3 is 19.5 Å². The van der Waals surface area contributed by atoms with Crippen LogP contribution < -0.4 is 14.8 Å². The number of hydrogen-bond acceptors (Lipinski definition) is 9. The lowest BCUT2D eigenvalue weighted by atomic mass is 10.1. The molecule has 0 atom stereocenters. The Balaban J connectivity index is 1.43. The third kappa shape index (κ3) is 4.80. The third-order valence-electron chi connectivity index (χ3n) is 4.90. The van der Waals surface area contributed by atoms with Crippen LogP contribution >= 0.6 is 11.3 Å². The van der Waals surface area contributed by atoms with Gasteiger partial charge in [0.25, 0.3) is 5.69 Å². The summed E-state index contributed by atoms with van der Waals surface area (Å²) in [5.74, 6) is 0.565. The molecule has 0 spiro atoms. The highest BCUT2D eigenvalue weighted by Gasteiger charge is 2.26. The molecule has 0 aliphatic heterocycles. The van der Waals surface area contributed by atoms with E-state index in [1.54, 1.807) is 31.7 Å². The molecule has 1 fully saturated rings. The van der Waals surface area contributed by atoms with E-state index < -0.39 is 10.9 Å². The Morgan fingerprint density at radius 3 is 2.66 bits per heavy atom. The number of nitro groups is 1. The van der Waals surface area contributed by atoms with Crippen LogP contribution in [-0.4, -0.2) is 36.1 Å². The largest absolute Gasteiger partial charge is 0.493 e. The average Bonchev–Trinajstić information content (AvgIpc) is 3.50. The normalized spacial score (nSPS) is 12.8. The van der Waals surface area contributed by atoms with E-state index in [0.717, 1.165) is 23.4 Å². The highest BCUT2D eigenvalue weighted by Crippen LogP contribution is 2.34. The summed E-state index contributed by atoms with van der Waals surface area (Å²) < 4.78 is 15.9. The second-order valence-corrected chi connectivity index (χ2v) is 8.06. The molecule has 0 bridgehead atoms. The number of carbonyl (C=O) groups excluding carboxylic acids is 1. The van der Waals surface area contributed by atoms with E-state index >= 15 is 0 Å². The lowest BCUT2D eigenvalue weighted by molar-refractivity contribution is -0.384. The van der Waals surface area contributed by atoms with Crippen LogP contribution in [0.25, 0.3) is 10.6 Å². The van der Waals surface area contributed by atoms with Crippen molar-refractivity contribution in [1.82, 2.24) is 4.98 Å². The Kier molecular flexibility index (Phi) is 6.22. The first kappa shape index (κ1) is 21.6. The summed E-state index contributed by atoms with van der Waals surface area (Å²) in [6.45, 7) is -0.0432. The number of anilines is 1. The minimum Gasteiger partial charge on any atom is -0.493 e. The van der Waals surface area contributed by atoms with E-state index in [4.69, 9.17) is 14.2 Å². The molecule has 1 heterocycles. The van der Waals surface area contributed by atoms with Crippen LogP contribution in [-0.2, 0) is 11.3 Å². The van der Waals surface area contributed by atoms with Crippen molar-refractivity contribution in [2.24, 2.45) is 0 Å². The maximum absolute atomic E-state index is 12.4.